The van der Waals surface area contributed by atoms with Crippen molar-refractivity contribution in [3.8, 4) is 5.75 Å². The first-order valence-electron chi connectivity index (χ1n) is 5.14. The van der Waals surface area contributed by atoms with Crippen LogP contribution in [0.25, 0.3) is 4.91 Å². The Labute approximate surface area is 104 Å². The van der Waals surface area contributed by atoms with Crippen LogP contribution in [0.3, 0.4) is 0 Å². The summed E-state index contributed by atoms with van der Waals surface area (Å²) in [5, 5.41) is 10.1. The van der Waals surface area contributed by atoms with Crippen LogP contribution in [0.15, 0.2) is 24.3 Å². The molecule has 0 heterocycles. The Morgan fingerprint density at radius 2 is 2.11 bits per heavy atom. The van der Waals surface area contributed by atoms with Gasteiger partial charge in [0.15, 0.2) is 0 Å². The zero-order valence-corrected chi connectivity index (χ0v) is 10.4. The summed E-state index contributed by atoms with van der Waals surface area (Å²) >= 11 is 0. The molecule has 6 nitrogen and oxygen atoms in total. The SMILES string of the molecule is COc1cccc2c1C(N)(O)CC=C2S(=O)(=O)O. The van der Waals surface area contributed by atoms with Gasteiger partial charge in [-0.1, -0.05) is 18.2 Å². The number of methoxy groups -OCH3 is 1. The summed E-state index contributed by atoms with van der Waals surface area (Å²) in [6, 6.07) is 4.57. The molecule has 0 fully saturated rings. The van der Waals surface area contributed by atoms with E-state index in [2.05, 4.69) is 0 Å². The average Bonchev–Trinajstić information content (AvgIpc) is 2.26. The molecule has 2 rings (SSSR count). The van der Waals surface area contributed by atoms with Gasteiger partial charge in [0.1, 0.15) is 11.5 Å². The van der Waals surface area contributed by atoms with E-state index in [1.807, 2.05) is 0 Å². The zero-order valence-electron chi connectivity index (χ0n) is 9.62. The number of ether oxygens (including phenoxy) is 1. The van der Waals surface area contributed by atoms with Crippen molar-refractivity contribution in [2.45, 2.75) is 12.1 Å². The van der Waals surface area contributed by atoms with Crippen molar-refractivity contribution in [1.82, 2.24) is 0 Å². The van der Waals surface area contributed by atoms with E-state index in [-0.39, 0.29) is 28.2 Å². The number of hydrogen-bond donors (Lipinski definition) is 3. The first-order chi connectivity index (χ1) is 8.27. The van der Waals surface area contributed by atoms with E-state index in [4.69, 9.17) is 15.0 Å². The molecule has 0 amide bonds. The molecular formula is C11H13NO5S. The molecule has 0 bridgehead atoms. The van der Waals surface area contributed by atoms with Crippen molar-refractivity contribution in [3.05, 3.63) is 35.4 Å². The molecule has 1 aliphatic carbocycles. The van der Waals surface area contributed by atoms with Crippen molar-refractivity contribution in [2.75, 3.05) is 7.11 Å². The number of aliphatic hydroxyl groups is 1. The lowest BCUT2D eigenvalue weighted by atomic mass is 9.89. The second-order valence-corrected chi connectivity index (χ2v) is 5.44. The molecular weight excluding hydrogens is 258 g/mol. The lowest BCUT2D eigenvalue weighted by molar-refractivity contribution is 0.0428. The third kappa shape index (κ3) is 2.01. The van der Waals surface area contributed by atoms with Crippen LogP contribution in [0.1, 0.15) is 17.5 Å². The Morgan fingerprint density at radius 1 is 1.44 bits per heavy atom. The molecule has 1 aromatic rings. The number of benzene rings is 1. The maximum Gasteiger partial charge on any atom is 0.294 e. The van der Waals surface area contributed by atoms with E-state index in [1.54, 1.807) is 12.1 Å². The number of hydrogen-bond acceptors (Lipinski definition) is 5. The normalized spacial score (nSPS) is 23.2. The topological polar surface area (TPSA) is 110 Å². The molecule has 0 saturated carbocycles. The van der Waals surface area contributed by atoms with E-state index in [9.17, 15) is 13.5 Å². The molecule has 0 aliphatic heterocycles. The molecule has 1 aromatic carbocycles. The van der Waals surface area contributed by atoms with Crippen LogP contribution in [0, 0.1) is 0 Å². The fourth-order valence-corrected chi connectivity index (χ4v) is 2.80. The van der Waals surface area contributed by atoms with Crippen molar-refractivity contribution in [1.29, 1.82) is 0 Å². The fraction of sp³-hybridized carbons (Fsp3) is 0.273. The van der Waals surface area contributed by atoms with E-state index in [1.165, 1.54) is 19.3 Å². The largest absolute Gasteiger partial charge is 0.496 e. The predicted octanol–water partition coefficient (Wildman–Crippen LogP) is 0.431. The second-order valence-electron chi connectivity index (χ2n) is 4.05. The smallest absolute Gasteiger partial charge is 0.294 e. The van der Waals surface area contributed by atoms with E-state index < -0.39 is 15.8 Å². The zero-order chi connectivity index (χ0) is 13.6. The highest BCUT2D eigenvalue weighted by molar-refractivity contribution is 7.95. The van der Waals surface area contributed by atoms with Gasteiger partial charge in [0.05, 0.1) is 12.0 Å². The van der Waals surface area contributed by atoms with Gasteiger partial charge in [0, 0.05) is 17.5 Å². The summed E-state index contributed by atoms with van der Waals surface area (Å²) in [6.45, 7) is 0. The molecule has 7 heteroatoms. The molecule has 1 unspecified atom stereocenters. The van der Waals surface area contributed by atoms with Gasteiger partial charge in [-0.2, -0.15) is 8.42 Å². The quantitative estimate of drug-likeness (QED) is 0.531. The van der Waals surface area contributed by atoms with Gasteiger partial charge in [-0.15, -0.1) is 0 Å². The fourth-order valence-electron chi connectivity index (χ4n) is 2.06. The van der Waals surface area contributed by atoms with E-state index in [0.29, 0.717) is 0 Å². The van der Waals surface area contributed by atoms with Crippen LogP contribution in [0.2, 0.25) is 0 Å². The van der Waals surface area contributed by atoms with Crippen LogP contribution >= 0.6 is 0 Å². The number of rotatable bonds is 2. The Hall–Kier alpha value is -1.41. The summed E-state index contributed by atoms with van der Waals surface area (Å²) in [4.78, 5) is -0.272. The van der Waals surface area contributed by atoms with Crippen LogP contribution in [0.5, 0.6) is 5.75 Å². The highest BCUT2D eigenvalue weighted by Gasteiger charge is 2.37. The van der Waals surface area contributed by atoms with Gasteiger partial charge in [-0.3, -0.25) is 10.3 Å². The monoisotopic (exact) mass is 271 g/mol. The van der Waals surface area contributed by atoms with Gasteiger partial charge < -0.3 is 9.84 Å². The maximum atomic E-state index is 11.3. The van der Waals surface area contributed by atoms with Crippen LogP contribution in [-0.2, 0) is 15.8 Å². The van der Waals surface area contributed by atoms with Gasteiger partial charge >= 0.3 is 0 Å². The Balaban J connectivity index is 2.77. The minimum absolute atomic E-state index is 0.129. The van der Waals surface area contributed by atoms with Gasteiger partial charge in [0.2, 0.25) is 0 Å². The lowest BCUT2D eigenvalue weighted by Crippen LogP contribution is -2.39. The van der Waals surface area contributed by atoms with E-state index in [0.717, 1.165) is 0 Å². The Morgan fingerprint density at radius 3 is 2.67 bits per heavy atom. The highest BCUT2D eigenvalue weighted by Crippen LogP contribution is 2.41. The molecule has 18 heavy (non-hydrogen) atoms. The van der Waals surface area contributed by atoms with Crippen LogP contribution in [-0.4, -0.2) is 25.2 Å². The van der Waals surface area contributed by atoms with Crippen molar-refractivity contribution >= 4 is 15.0 Å². The molecule has 0 spiro atoms. The van der Waals surface area contributed by atoms with Gasteiger partial charge in [-0.05, 0) is 6.07 Å². The molecule has 4 N–H and O–H groups in total. The minimum Gasteiger partial charge on any atom is -0.496 e. The standard InChI is InChI=1S/C11H13NO5S/c1-17-8-4-2-3-7-9(18(14,15)16)5-6-11(12,13)10(7)8/h2-5,13H,6,12H2,1H3,(H,14,15,16). The van der Waals surface area contributed by atoms with Crippen molar-refractivity contribution < 1.29 is 22.8 Å². The van der Waals surface area contributed by atoms with E-state index >= 15 is 0 Å². The third-order valence-corrected chi connectivity index (χ3v) is 3.76. The minimum atomic E-state index is -4.38. The Bertz CT molecular complexity index is 618. The molecule has 0 aromatic heterocycles. The highest BCUT2D eigenvalue weighted by atomic mass is 32.2. The molecule has 98 valence electrons. The van der Waals surface area contributed by atoms with Gasteiger partial charge in [0.25, 0.3) is 10.1 Å². The first-order valence-corrected chi connectivity index (χ1v) is 6.58. The maximum absolute atomic E-state index is 11.3. The van der Waals surface area contributed by atoms with Crippen LogP contribution < -0.4 is 10.5 Å². The molecule has 1 atom stereocenters. The molecule has 0 saturated heterocycles. The third-order valence-electron chi connectivity index (χ3n) is 2.82. The average molecular weight is 271 g/mol. The summed E-state index contributed by atoms with van der Waals surface area (Å²) in [7, 11) is -2.99. The molecule has 0 radical (unpaired) electrons. The lowest BCUT2D eigenvalue weighted by Gasteiger charge is -2.30. The van der Waals surface area contributed by atoms with Gasteiger partial charge in [-0.25, -0.2) is 0 Å². The summed E-state index contributed by atoms with van der Waals surface area (Å²) < 4.78 is 36.8. The first kappa shape index (κ1) is 13.0. The number of nitrogens with two attached hydrogens (primary N) is 1. The summed E-state index contributed by atoms with van der Waals surface area (Å²) in [5.74, 6) is 0.270. The second kappa shape index (κ2) is 4.06. The molecule has 1 aliphatic rings. The summed E-state index contributed by atoms with van der Waals surface area (Å²) in [5.41, 5.74) is 4.30. The van der Waals surface area contributed by atoms with Crippen molar-refractivity contribution in [2.24, 2.45) is 5.73 Å². The van der Waals surface area contributed by atoms with Crippen molar-refractivity contribution in [3.63, 3.8) is 0 Å². The summed E-state index contributed by atoms with van der Waals surface area (Å²) in [6.07, 6.45) is 1.06. The predicted molar refractivity (Wildman–Crippen MR) is 65.2 cm³/mol. The Kier molecular flexibility index (Phi) is 2.94. The number of fused-ring (bicyclic) bond motifs is 1. The van der Waals surface area contributed by atoms with Crippen LogP contribution in [0.4, 0.5) is 0 Å².